The van der Waals surface area contributed by atoms with E-state index in [1.807, 2.05) is 19.3 Å². The Morgan fingerprint density at radius 2 is 1.95 bits per heavy atom. The Morgan fingerprint density at radius 1 is 1.24 bits per heavy atom. The van der Waals surface area contributed by atoms with Gasteiger partial charge in [-0.05, 0) is 61.7 Å². The van der Waals surface area contributed by atoms with Crippen LogP contribution in [0.1, 0.15) is 25.0 Å². The molecule has 1 heterocycles. The molecule has 1 aromatic carbocycles. The van der Waals surface area contributed by atoms with Gasteiger partial charge in [-0.15, -0.1) is 0 Å². The molecule has 0 saturated heterocycles. The van der Waals surface area contributed by atoms with Crippen LogP contribution < -0.4 is 10.6 Å². The molecule has 1 unspecified atom stereocenters. The summed E-state index contributed by atoms with van der Waals surface area (Å²) >= 11 is 3.56. The third-order valence-electron chi connectivity index (χ3n) is 3.43. The predicted molar refractivity (Wildman–Crippen MR) is 92.5 cm³/mol. The number of pyridine rings is 1. The maximum atomic E-state index is 6.00. The summed E-state index contributed by atoms with van der Waals surface area (Å²) in [7, 11) is 0. The van der Waals surface area contributed by atoms with Gasteiger partial charge in [0.25, 0.3) is 0 Å². The van der Waals surface area contributed by atoms with Crippen molar-refractivity contribution in [2.45, 2.75) is 32.9 Å². The molecule has 0 saturated carbocycles. The minimum absolute atomic E-state index is 0.151. The van der Waals surface area contributed by atoms with Crippen LogP contribution in [0, 0.1) is 0 Å². The van der Waals surface area contributed by atoms with Gasteiger partial charge < -0.3 is 10.6 Å². The van der Waals surface area contributed by atoms with Gasteiger partial charge >= 0.3 is 0 Å². The summed E-state index contributed by atoms with van der Waals surface area (Å²) in [6.45, 7) is 6.06. The molecule has 2 rings (SSSR count). The first kappa shape index (κ1) is 16.0. The lowest BCUT2D eigenvalue weighted by atomic mass is 10.0. The summed E-state index contributed by atoms with van der Waals surface area (Å²) in [5.74, 6) is 0. The van der Waals surface area contributed by atoms with Crippen LogP contribution in [-0.2, 0) is 13.0 Å². The van der Waals surface area contributed by atoms with E-state index >= 15 is 0 Å². The lowest BCUT2D eigenvalue weighted by Crippen LogP contribution is -2.25. The maximum Gasteiger partial charge on any atom is 0.0430 e. The minimum atomic E-state index is 0.151. The number of benzene rings is 1. The molecule has 0 aliphatic heterocycles. The molecule has 0 spiro atoms. The molecular weight excluding hydrogens is 326 g/mol. The molecule has 0 aliphatic carbocycles. The summed E-state index contributed by atoms with van der Waals surface area (Å²) < 4.78 is 1.10. The SMILES string of the molecule is CCN(Cc1ccncc1)c1ccc(Br)cc1CC(C)N. The van der Waals surface area contributed by atoms with Crippen molar-refractivity contribution in [3.63, 3.8) is 0 Å². The zero-order chi connectivity index (χ0) is 15.2. The fourth-order valence-electron chi connectivity index (χ4n) is 2.45. The lowest BCUT2D eigenvalue weighted by molar-refractivity contribution is 0.729. The van der Waals surface area contributed by atoms with Crippen molar-refractivity contribution in [2.24, 2.45) is 5.73 Å². The molecule has 1 atom stereocenters. The second-order valence-electron chi connectivity index (χ2n) is 5.32. The predicted octanol–water partition coefficient (Wildman–Crippen LogP) is 3.76. The van der Waals surface area contributed by atoms with E-state index in [4.69, 9.17) is 5.73 Å². The van der Waals surface area contributed by atoms with Crippen molar-refractivity contribution >= 4 is 21.6 Å². The van der Waals surface area contributed by atoms with Gasteiger partial charge in [0.2, 0.25) is 0 Å². The topological polar surface area (TPSA) is 42.2 Å². The zero-order valence-corrected chi connectivity index (χ0v) is 14.2. The van der Waals surface area contributed by atoms with Gasteiger partial charge in [-0.25, -0.2) is 0 Å². The molecule has 2 N–H and O–H groups in total. The van der Waals surface area contributed by atoms with E-state index in [-0.39, 0.29) is 6.04 Å². The second kappa shape index (κ2) is 7.57. The maximum absolute atomic E-state index is 6.00. The number of aromatic nitrogens is 1. The standard InChI is InChI=1S/C17H22BrN3/c1-3-21(12-14-6-8-20-9-7-14)17-5-4-16(18)11-15(17)10-13(2)19/h4-9,11,13H,3,10,12,19H2,1-2H3. The molecule has 0 fully saturated rings. The van der Waals surface area contributed by atoms with Crippen LogP contribution in [0.2, 0.25) is 0 Å². The summed E-state index contributed by atoms with van der Waals surface area (Å²) in [5.41, 5.74) is 9.81. The Labute approximate surface area is 135 Å². The Morgan fingerprint density at radius 3 is 2.57 bits per heavy atom. The van der Waals surface area contributed by atoms with Gasteiger partial charge in [-0.2, -0.15) is 0 Å². The van der Waals surface area contributed by atoms with Crippen LogP contribution in [0.3, 0.4) is 0 Å². The molecule has 2 aromatic rings. The van der Waals surface area contributed by atoms with Crippen molar-refractivity contribution in [1.82, 2.24) is 4.98 Å². The van der Waals surface area contributed by atoms with Crippen molar-refractivity contribution in [3.8, 4) is 0 Å². The molecule has 1 aromatic heterocycles. The largest absolute Gasteiger partial charge is 0.367 e. The van der Waals surface area contributed by atoms with E-state index in [2.05, 4.69) is 63.1 Å². The Hall–Kier alpha value is -1.39. The first-order valence-electron chi connectivity index (χ1n) is 7.28. The van der Waals surface area contributed by atoms with Gasteiger partial charge in [0.15, 0.2) is 0 Å². The summed E-state index contributed by atoms with van der Waals surface area (Å²) in [6, 6.07) is 10.7. The fourth-order valence-corrected chi connectivity index (χ4v) is 2.86. The number of rotatable bonds is 6. The fraction of sp³-hybridized carbons (Fsp3) is 0.353. The number of hydrogen-bond acceptors (Lipinski definition) is 3. The molecule has 0 bridgehead atoms. The third kappa shape index (κ3) is 4.55. The zero-order valence-electron chi connectivity index (χ0n) is 12.6. The smallest absolute Gasteiger partial charge is 0.0430 e. The quantitative estimate of drug-likeness (QED) is 0.864. The van der Waals surface area contributed by atoms with Crippen molar-refractivity contribution in [3.05, 3.63) is 58.3 Å². The first-order chi connectivity index (χ1) is 10.1. The third-order valence-corrected chi connectivity index (χ3v) is 3.92. The molecule has 0 aliphatic rings. The Bertz CT molecular complexity index is 570. The number of nitrogens with zero attached hydrogens (tertiary/aromatic N) is 2. The number of hydrogen-bond donors (Lipinski definition) is 1. The van der Waals surface area contributed by atoms with Crippen LogP contribution in [-0.4, -0.2) is 17.6 Å². The highest BCUT2D eigenvalue weighted by molar-refractivity contribution is 9.10. The second-order valence-corrected chi connectivity index (χ2v) is 6.24. The normalized spacial score (nSPS) is 12.2. The highest BCUT2D eigenvalue weighted by Crippen LogP contribution is 2.27. The van der Waals surface area contributed by atoms with E-state index in [9.17, 15) is 0 Å². The Balaban J connectivity index is 2.28. The average molecular weight is 348 g/mol. The minimum Gasteiger partial charge on any atom is -0.367 e. The van der Waals surface area contributed by atoms with Gasteiger partial charge in [0.1, 0.15) is 0 Å². The molecular formula is C17H22BrN3. The Kier molecular flexibility index (Phi) is 5.76. The van der Waals surface area contributed by atoms with E-state index < -0.39 is 0 Å². The summed E-state index contributed by atoms with van der Waals surface area (Å²) in [5, 5.41) is 0. The lowest BCUT2D eigenvalue weighted by Gasteiger charge is -2.26. The molecule has 0 amide bonds. The van der Waals surface area contributed by atoms with Crippen LogP contribution >= 0.6 is 15.9 Å². The van der Waals surface area contributed by atoms with Gasteiger partial charge in [-0.1, -0.05) is 15.9 Å². The van der Waals surface area contributed by atoms with Crippen molar-refractivity contribution < 1.29 is 0 Å². The highest BCUT2D eigenvalue weighted by atomic mass is 79.9. The summed E-state index contributed by atoms with van der Waals surface area (Å²) in [6.07, 6.45) is 4.56. The van der Waals surface area contributed by atoms with Gasteiger partial charge in [-0.3, -0.25) is 4.98 Å². The first-order valence-corrected chi connectivity index (χ1v) is 8.07. The molecule has 112 valence electrons. The number of halogens is 1. The van der Waals surface area contributed by atoms with E-state index in [1.54, 1.807) is 0 Å². The van der Waals surface area contributed by atoms with E-state index in [0.717, 1.165) is 24.0 Å². The molecule has 0 radical (unpaired) electrons. The molecule has 21 heavy (non-hydrogen) atoms. The molecule has 4 heteroatoms. The van der Waals surface area contributed by atoms with E-state index in [1.165, 1.54) is 16.8 Å². The summed E-state index contributed by atoms with van der Waals surface area (Å²) in [4.78, 5) is 6.45. The number of nitrogens with two attached hydrogens (primary N) is 1. The molecule has 3 nitrogen and oxygen atoms in total. The van der Waals surface area contributed by atoms with Gasteiger partial charge in [0.05, 0.1) is 0 Å². The van der Waals surface area contributed by atoms with Crippen LogP contribution in [0.4, 0.5) is 5.69 Å². The average Bonchev–Trinajstić information content (AvgIpc) is 2.46. The van der Waals surface area contributed by atoms with Crippen molar-refractivity contribution in [2.75, 3.05) is 11.4 Å². The number of anilines is 1. The van der Waals surface area contributed by atoms with E-state index in [0.29, 0.717) is 0 Å². The van der Waals surface area contributed by atoms with Crippen LogP contribution in [0.15, 0.2) is 47.2 Å². The van der Waals surface area contributed by atoms with Gasteiger partial charge in [0, 0.05) is 41.7 Å². The van der Waals surface area contributed by atoms with Crippen LogP contribution in [0.5, 0.6) is 0 Å². The van der Waals surface area contributed by atoms with Crippen LogP contribution in [0.25, 0.3) is 0 Å². The van der Waals surface area contributed by atoms with Crippen molar-refractivity contribution in [1.29, 1.82) is 0 Å². The monoisotopic (exact) mass is 347 g/mol. The highest BCUT2D eigenvalue weighted by Gasteiger charge is 2.12.